The van der Waals surface area contributed by atoms with Crippen LogP contribution in [-0.4, -0.2) is 20.6 Å². The summed E-state index contributed by atoms with van der Waals surface area (Å²) in [6.45, 7) is 2.03. The molecule has 0 unspecified atom stereocenters. The van der Waals surface area contributed by atoms with E-state index in [1.54, 1.807) is 13.1 Å². The highest BCUT2D eigenvalue weighted by molar-refractivity contribution is 5.95. The van der Waals surface area contributed by atoms with Gasteiger partial charge in [0.15, 0.2) is 5.82 Å². The van der Waals surface area contributed by atoms with Gasteiger partial charge in [-0.1, -0.05) is 30.3 Å². The number of hydrogen-bond acceptors (Lipinski definition) is 5. The van der Waals surface area contributed by atoms with Crippen LogP contribution in [0.25, 0.3) is 5.52 Å². The molecule has 2 aromatic heterocycles. The lowest BCUT2D eigenvalue weighted by Gasteiger charge is -2.04. The number of fused-ring (bicyclic) bond motifs is 1. The maximum absolute atomic E-state index is 12.2. The molecule has 0 bridgehead atoms. The van der Waals surface area contributed by atoms with Crippen LogP contribution in [0.3, 0.4) is 0 Å². The van der Waals surface area contributed by atoms with Crippen LogP contribution in [0.4, 0.5) is 5.82 Å². The summed E-state index contributed by atoms with van der Waals surface area (Å²) < 4.78 is 6.86. The molecule has 0 spiro atoms. The molecule has 0 saturated carbocycles. The minimum absolute atomic E-state index is 0.229. The SMILES string of the molecule is Cc1c(C(=O)OCc2ccccc2)cn2ncnc(N)c12. The van der Waals surface area contributed by atoms with Crippen molar-refractivity contribution in [2.45, 2.75) is 13.5 Å². The lowest BCUT2D eigenvalue weighted by molar-refractivity contribution is 0.0472. The van der Waals surface area contributed by atoms with Crippen molar-refractivity contribution >= 4 is 17.3 Å². The van der Waals surface area contributed by atoms with Gasteiger partial charge in [-0.15, -0.1) is 0 Å². The quantitative estimate of drug-likeness (QED) is 0.743. The van der Waals surface area contributed by atoms with E-state index in [0.717, 1.165) is 5.56 Å². The molecule has 0 atom stereocenters. The summed E-state index contributed by atoms with van der Waals surface area (Å²) in [5.74, 6) is -0.0640. The summed E-state index contributed by atoms with van der Waals surface area (Å²) in [5, 5.41) is 4.04. The number of hydrogen-bond donors (Lipinski definition) is 1. The van der Waals surface area contributed by atoms with Crippen molar-refractivity contribution in [3.05, 3.63) is 59.5 Å². The zero-order valence-electron chi connectivity index (χ0n) is 11.5. The molecule has 6 nitrogen and oxygen atoms in total. The second-order valence-electron chi connectivity index (χ2n) is 4.67. The molecule has 106 valence electrons. The number of benzene rings is 1. The lowest BCUT2D eigenvalue weighted by atomic mass is 10.2. The first-order chi connectivity index (χ1) is 10.2. The van der Waals surface area contributed by atoms with E-state index < -0.39 is 5.97 Å². The summed E-state index contributed by atoms with van der Waals surface area (Å²) in [6, 6.07) is 9.52. The number of anilines is 1. The fourth-order valence-electron chi connectivity index (χ4n) is 2.20. The van der Waals surface area contributed by atoms with Crippen molar-refractivity contribution in [1.82, 2.24) is 14.6 Å². The van der Waals surface area contributed by atoms with Crippen molar-refractivity contribution < 1.29 is 9.53 Å². The number of carbonyl (C=O) groups excluding carboxylic acids is 1. The topological polar surface area (TPSA) is 82.5 Å². The van der Waals surface area contributed by atoms with Crippen LogP contribution in [0.5, 0.6) is 0 Å². The van der Waals surface area contributed by atoms with E-state index in [-0.39, 0.29) is 6.61 Å². The third kappa shape index (κ3) is 2.43. The first-order valence-electron chi connectivity index (χ1n) is 6.46. The third-order valence-corrected chi connectivity index (χ3v) is 3.29. The molecule has 2 heterocycles. The second kappa shape index (κ2) is 5.24. The van der Waals surface area contributed by atoms with Crippen LogP contribution in [0.2, 0.25) is 0 Å². The molecule has 0 radical (unpaired) electrons. The predicted octanol–water partition coefficient (Wildman–Crippen LogP) is 1.98. The molecule has 0 fully saturated rings. The van der Waals surface area contributed by atoms with Crippen molar-refractivity contribution in [2.24, 2.45) is 0 Å². The number of carbonyl (C=O) groups is 1. The standard InChI is InChI=1S/C15H14N4O2/c1-10-12(7-19-13(10)14(16)17-9-18-19)15(20)21-8-11-5-3-2-4-6-11/h2-7,9H,8H2,1H3,(H2,16,17,18). The minimum Gasteiger partial charge on any atom is -0.457 e. The molecule has 1 aromatic carbocycles. The van der Waals surface area contributed by atoms with E-state index in [4.69, 9.17) is 10.5 Å². The molecule has 6 heteroatoms. The first-order valence-corrected chi connectivity index (χ1v) is 6.46. The number of aryl methyl sites for hydroxylation is 1. The molecule has 3 rings (SSSR count). The molecule has 0 amide bonds. The Morgan fingerprint density at radius 3 is 2.81 bits per heavy atom. The Morgan fingerprint density at radius 2 is 2.10 bits per heavy atom. The van der Waals surface area contributed by atoms with Gasteiger partial charge in [0.1, 0.15) is 18.5 Å². The van der Waals surface area contributed by atoms with Crippen LogP contribution in [0, 0.1) is 6.92 Å². The normalized spacial score (nSPS) is 10.7. The summed E-state index contributed by atoms with van der Waals surface area (Å²) in [6.07, 6.45) is 2.96. The fraction of sp³-hybridized carbons (Fsp3) is 0.133. The van der Waals surface area contributed by atoms with Gasteiger partial charge in [0.2, 0.25) is 0 Å². The molecule has 0 aliphatic heterocycles. The predicted molar refractivity (Wildman–Crippen MR) is 77.7 cm³/mol. The Hall–Kier alpha value is -2.89. The van der Waals surface area contributed by atoms with Crippen LogP contribution in [0.1, 0.15) is 21.5 Å². The Morgan fingerprint density at radius 1 is 1.33 bits per heavy atom. The van der Waals surface area contributed by atoms with E-state index >= 15 is 0 Å². The number of nitrogens with two attached hydrogens (primary N) is 1. The zero-order chi connectivity index (χ0) is 14.8. The average molecular weight is 282 g/mol. The largest absolute Gasteiger partial charge is 0.457 e. The number of aromatic nitrogens is 3. The van der Waals surface area contributed by atoms with Crippen molar-refractivity contribution in [1.29, 1.82) is 0 Å². The molecule has 0 aliphatic carbocycles. The summed E-state index contributed by atoms with van der Waals surface area (Å²) in [5.41, 5.74) is 8.53. The first kappa shape index (κ1) is 13.1. The van der Waals surface area contributed by atoms with Gasteiger partial charge in [0, 0.05) is 6.20 Å². The van der Waals surface area contributed by atoms with Gasteiger partial charge < -0.3 is 10.5 Å². The van der Waals surface area contributed by atoms with Gasteiger partial charge in [-0.3, -0.25) is 0 Å². The van der Waals surface area contributed by atoms with Crippen molar-refractivity contribution in [3.8, 4) is 0 Å². The molecule has 0 aliphatic rings. The number of nitrogen functional groups attached to an aromatic ring is 1. The van der Waals surface area contributed by atoms with Gasteiger partial charge in [0.25, 0.3) is 0 Å². The van der Waals surface area contributed by atoms with E-state index in [0.29, 0.717) is 22.5 Å². The molecule has 21 heavy (non-hydrogen) atoms. The lowest BCUT2D eigenvalue weighted by Crippen LogP contribution is -2.05. The number of nitrogens with zero attached hydrogens (tertiary/aromatic N) is 3. The zero-order valence-corrected chi connectivity index (χ0v) is 11.5. The summed E-state index contributed by atoms with van der Waals surface area (Å²) >= 11 is 0. The Labute approximate surface area is 121 Å². The van der Waals surface area contributed by atoms with Gasteiger partial charge in [0.05, 0.1) is 5.56 Å². The van der Waals surface area contributed by atoms with E-state index in [9.17, 15) is 4.79 Å². The third-order valence-electron chi connectivity index (χ3n) is 3.29. The summed E-state index contributed by atoms with van der Waals surface area (Å²) in [4.78, 5) is 16.1. The van der Waals surface area contributed by atoms with Gasteiger partial charge in [-0.05, 0) is 18.1 Å². The van der Waals surface area contributed by atoms with Crippen LogP contribution >= 0.6 is 0 Å². The average Bonchev–Trinajstić information content (AvgIpc) is 2.84. The van der Waals surface area contributed by atoms with Gasteiger partial charge in [-0.2, -0.15) is 5.10 Å². The highest BCUT2D eigenvalue weighted by Gasteiger charge is 2.18. The van der Waals surface area contributed by atoms with Gasteiger partial charge >= 0.3 is 5.97 Å². The van der Waals surface area contributed by atoms with Crippen molar-refractivity contribution in [3.63, 3.8) is 0 Å². The smallest absolute Gasteiger partial charge is 0.340 e. The fourth-order valence-corrected chi connectivity index (χ4v) is 2.20. The van der Waals surface area contributed by atoms with E-state index in [1.165, 1.54) is 10.8 Å². The molecule has 2 N–H and O–H groups in total. The number of esters is 1. The molecular formula is C15H14N4O2. The Bertz CT molecular complexity index is 796. The Balaban J connectivity index is 1.85. The highest BCUT2D eigenvalue weighted by Crippen LogP contribution is 2.21. The number of rotatable bonds is 3. The minimum atomic E-state index is -0.402. The second-order valence-corrected chi connectivity index (χ2v) is 4.67. The molecule has 3 aromatic rings. The number of ether oxygens (including phenoxy) is 1. The Kier molecular flexibility index (Phi) is 3.27. The van der Waals surface area contributed by atoms with E-state index in [1.807, 2.05) is 30.3 Å². The maximum atomic E-state index is 12.2. The van der Waals surface area contributed by atoms with Crippen LogP contribution in [0.15, 0.2) is 42.9 Å². The van der Waals surface area contributed by atoms with Crippen LogP contribution < -0.4 is 5.73 Å². The maximum Gasteiger partial charge on any atom is 0.340 e. The monoisotopic (exact) mass is 282 g/mol. The van der Waals surface area contributed by atoms with Gasteiger partial charge in [-0.25, -0.2) is 14.3 Å². The summed E-state index contributed by atoms with van der Waals surface area (Å²) in [7, 11) is 0. The van der Waals surface area contributed by atoms with Crippen LogP contribution in [-0.2, 0) is 11.3 Å². The molecular weight excluding hydrogens is 268 g/mol. The van der Waals surface area contributed by atoms with E-state index in [2.05, 4.69) is 10.1 Å². The highest BCUT2D eigenvalue weighted by atomic mass is 16.5. The molecule has 0 saturated heterocycles. The van der Waals surface area contributed by atoms with Crippen molar-refractivity contribution in [2.75, 3.05) is 5.73 Å².